The Hall–Kier alpha value is 2.13. The van der Waals surface area contributed by atoms with Crippen LogP contribution in [-0.4, -0.2) is 53.7 Å². The molecule has 0 aromatic heterocycles. The minimum Gasteiger partial charge on any atom is -0.0615 e. The molecule has 21 valence electrons. The number of hydrogen-bond donors (Lipinski definition) is 0. The van der Waals surface area contributed by atoms with Gasteiger partial charge < -0.3 is 0 Å². The van der Waals surface area contributed by atoms with Gasteiger partial charge in [0.1, 0.15) is 0 Å². The Balaban J connectivity index is -0.00000000167. The molecule has 0 aliphatic rings. The molecule has 0 aromatic rings. The molecule has 5 heavy (non-hydrogen) atoms. The molecule has 0 heterocycles. The van der Waals surface area contributed by atoms with Crippen LogP contribution >= 0.6 is 8.02 Å². The maximum absolute atomic E-state index is 3.89. The second-order valence-corrected chi connectivity index (χ2v) is 0. The maximum atomic E-state index is 3.89. The van der Waals surface area contributed by atoms with Gasteiger partial charge in [-0.15, -0.1) is 0 Å². The topological polar surface area (TPSA) is 0 Å². The molecule has 9 radical (unpaired) electrons. The Bertz CT molecular complexity index is 11.6. The molecule has 0 aromatic carbocycles. The molecular formula is HLiPSSiSn. The molecule has 0 saturated heterocycles. The predicted molar refractivity (Wildman–Crippen MR) is 32.9 cm³/mol. The van der Waals surface area contributed by atoms with E-state index < -0.39 is 0 Å². The second-order valence-electron chi connectivity index (χ2n) is 0. The fourth-order valence-electron chi connectivity index (χ4n) is 0. The SMILES string of the molecule is P=S.[Li].[Si].[Sn]. The van der Waals surface area contributed by atoms with Crippen LogP contribution in [0.15, 0.2) is 0 Å². The summed E-state index contributed by atoms with van der Waals surface area (Å²) in [7, 11) is 2.56. The van der Waals surface area contributed by atoms with E-state index in [2.05, 4.69) is 19.8 Å². The van der Waals surface area contributed by atoms with Gasteiger partial charge in [-0.1, -0.05) is 11.8 Å². The largest absolute Gasteiger partial charge is 0.0615 e. The molecule has 0 N–H and O–H groups in total. The number of rotatable bonds is 0. The molecule has 0 spiro atoms. The van der Waals surface area contributed by atoms with Gasteiger partial charge in [0, 0.05) is 53.7 Å². The van der Waals surface area contributed by atoms with Gasteiger partial charge in [0.2, 0.25) is 0 Å². The summed E-state index contributed by atoms with van der Waals surface area (Å²) in [5.41, 5.74) is 0. The molecule has 0 unspecified atom stereocenters. The van der Waals surface area contributed by atoms with E-state index in [9.17, 15) is 0 Å². The zero-order valence-corrected chi connectivity index (χ0v) is 8.58. The van der Waals surface area contributed by atoms with Crippen molar-refractivity contribution in [2.45, 2.75) is 0 Å². The standard InChI is InChI=1S/Li.HPS.Si.Sn/c;1-2;;/h;1H;;. The third kappa shape index (κ3) is 23.0. The number of hydrogen-bond acceptors (Lipinski definition) is 1. The van der Waals surface area contributed by atoms with E-state index in [1.807, 2.05) is 0 Å². The Kier molecular flexibility index (Phi) is 194. The molecule has 0 saturated carbocycles. The van der Waals surface area contributed by atoms with Crippen LogP contribution in [0.25, 0.3) is 0 Å². The van der Waals surface area contributed by atoms with Crippen molar-refractivity contribution in [1.29, 1.82) is 0 Å². The van der Waals surface area contributed by atoms with Crippen molar-refractivity contribution in [1.82, 2.24) is 0 Å². The van der Waals surface area contributed by atoms with Crippen molar-refractivity contribution in [3.05, 3.63) is 0 Å². The monoisotopic (exact) mass is 219 g/mol. The zero-order valence-electron chi connectivity index (χ0n) is 2.91. The summed E-state index contributed by atoms with van der Waals surface area (Å²) in [6, 6.07) is 0. The van der Waals surface area contributed by atoms with Crippen LogP contribution in [0.1, 0.15) is 0 Å². The first kappa shape index (κ1) is 27.3. The van der Waals surface area contributed by atoms with E-state index in [1.54, 1.807) is 0 Å². The smallest absolute Gasteiger partial charge is 0 e. The summed E-state index contributed by atoms with van der Waals surface area (Å²) in [5, 5.41) is 0. The fourth-order valence-corrected chi connectivity index (χ4v) is 0. The van der Waals surface area contributed by atoms with Gasteiger partial charge >= 0.3 is 0 Å². The van der Waals surface area contributed by atoms with Crippen LogP contribution < -0.4 is 0 Å². The first-order valence-corrected chi connectivity index (χ1v) is 1.84. The summed E-state index contributed by atoms with van der Waals surface area (Å²) in [5.74, 6) is 0. The molecule has 5 heteroatoms. The molecule has 0 fully saturated rings. The third-order valence-corrected chi connectivity index (χ3v) is 0. The Morgan fingerprint density at radius 2 is 1.20 bits per heavy atom. The van der Waals surface area contributed by atoms with E-state index in [1.165, 1.54) is 0 Å². The van der Waals surface area contributed by atoms with Gasteiger partial charge in [0.05, 0.1) is 0 Å². The van der Waals surface area contributed by atoms with Crippen molar-refractivity contribution < 1.29 is 0 Å². The second kappa shape index (κ2) is 35.5. The maximum Gasteiger partial charge on any atom is 0 e. The Morgan fingerprint density at radius 1 is 1.20 bits per heavy atom. The predicted octanol–water partition coefficient (Wildman–Crippen LogP) is -0.551. The van der Waals surface area contributed by atoms with Gasteiger partial charge in [0.25, 0.3) is 0 Å². The summed E-state index contributed by atoms with van der Waals surface area (Å²) < 4.78 is 0. The summed E-state index contributed by atoms with van der Waals surface area (Å²) in [4.78, 5) is 0. The minimum atomic E-state index is 0. The fraction of sp³-hybridized carbons (Fsp3) is 0. The molecule has 0 rings (SSSR count). The molecule has 0 atom stereocenters. The molecule has 0 bridgehead atoms. The molecular weight excluding hydrogens is 217 g/mol. The minimum absolute atomic E-state index is 0. The van der Waals surface area contributed by atoms with Crippen LogP contribution in [0.3, 0.4) is 0 Å². The van der Waals surface area contributed by atoms with Crippen molar-refractivity contribution >= 4 is 73.6 Å². The van der Waals surface area contributed by atoms with Gasteiger partial charge in [-0.2, -0.15) is 0 Å². The normalized spacial score (nSPS) is 0.800. The summed E-state index contributed by atoms with van der Waals surface area (Å²) >= 11 is 3.89. The van der Waals surface area contributed by atoms with Crippen LogP contribution in [-0.2, 0) is 11.8 Å². The molecule has 0 nitrogen and oxygen atoms in total. The average Bonchev–Trinajstić information content (AvgIpc) is 1.00. The van der Waals surface area contributed by atoms with Crippen molar-refractivity contribution in [2.24, 2.45) is 0 Å². The van der Waals surface area contributed by atoms with Crippen molar-refractivity contribution in [2.75, 3.05) is 0 Å². The van der Waals surface area contributed by atoms with Crippen molar-refractivity contribution in [3.63, 3.8) is 0 Å². The quantitative estimate of drug-likeness (QED) is 0.388. The zero-order chi connectivity index (χ0) is 2.00. The first-order chi connectivity index (χ1) is 1.00. The first-order valence-electron chi connectivity index (χ1n) is 0.204. The van der Waals surface area contributed by atoms with E-state index >= 15 is 0 Å². The Morgan fingerprint density at radius 3 is 1.20 bits per heavy atom. The summed E-state index contributed by atoms with van der Waals surface area (Å²) in [6.07, 6.45) is 0. The van der Waals surface area contributed by atoms with E-state index in [4.69, 9.17) is 0 Å². The molecule has 0 aliphatic heterocycles. The average molecular weight is 218 g/mol. The Labute approximate surface area is 72.9 Å². The third-order valence-electron chi connectivity index (χ3n) is 0. The van der Waals surface area contributed by atoms with E-state index in [0.717, 1.165) is 0 Å². The van der Waals surface area contributed by atoms with Crippen LogP contribution in [0.5, 0.6) is 0 Å². The van der Waals surface area contributed by atoms with E-state index in [0.29, 0.717) is 0 Å². The molecule has 0 amide bonds. The van der Waals surface area contributed by atoms with Gasteiger partial charge in [-0.25, -0.2) is 0 Å². The van der Waals surface area contributed by atoms with Crippen LogP contribution in [0, 0.1) is 0 Å². The van der Waals surface area contributed by atoms with Gasteiger partial charge in [0.15, 0.2) is 0 Å². The van der Waals surface area contributed by atoms with Gasteiger partial charge in [-0.05, 0) is 8.02 Å². The van der Waals surface area contributed by atoms with Crippen LogP contribution in [0.4, 0.5) is 0 Å². The summed E-state index contributed by atoms with van der Waals surface area (Å²) in [6.45, 7) is 0. The van der Waals surface area contributed by atoms with Crippen molar-refractivity contribution in [3.8, 4) is 0 Å². The van der Waals surface area contributed by atoms with E-state index in [-0.39, 0.29) is 53.7 Å². The molecule has 0 aliphatic carbocycles. The van der Waals surface area contributed by atoms with Gasteiger partial charge in [-0.3, -0.25) is 0 Å². The van der Waals surface area contributed by atoms with Crippen LogP contribution in [0.2, 0.25) is 0 Å².